The molecule has 0 bridgehead atoms. The summed E-state index contributed by atoms with van der Waals surface area (Å²) in [7, 11) is 0. The first-order valence-electron chi connectivity index (χ1n) is 12.6. The van der Waals surface area contributed by atoms with Gasteiger partial charge in [-0.05, 0) is 56.2 Å². The van der Waals surface area contributed by atoms with Gasteiger partial charge in [-0.2, -0.15) is 0 Å². The van der Waals surface area contributed by atoms with Crippen LogP contribution in [0.3, 0.4) is 0 Å². The van der Waals surface area contributed by atoms with Crippen molar-refractivity contribution in [2.45, 2.75) is 105 Å². The van der Waals surface area contributed by atoms with Crippen molar-refractivity contribution in [3.63, 3.8) is 0 Å². The molecule has 1 heteroatoms. The Morgan fingerprint density at radius 2 is 1.35 bits per heavy atom. The van der Waals surface area contributed by atoms with E-state index in [0.717, 1.165) is 18.1 Å². The topological polar surface area (TPSA) is 9.23 Å². The molecule has 1 unspecified atom stereocenters. The van der Waals surface area contributed by atoms with E-state index in [0.29, 0.717) is 5.92 Å². The van der Waals surface area contributed by atoms with Crippen molar-refractivity contribution in [1.29, 1.82) is 0 Å². The number of allylic oxidation sites excluding steroid dienone is 5. The summed E-state index contributed by atoms with van der Waals surface area (Å²) in [5, 5.41) is 0. The lowest BCUT2D eigenvalue weighted by Gasteiger charge is -2.27. The van der Waals surface area contributed by atoms with Crippen LogP contribution in [0.5, 0.6) is 0 Å². The Morgan fingerprint density at radius 3 is 1.84 bits per heavy atom. The zero-order chi connectivity index (χ0) is 23.1. The zero-order valence-corrected chi connectivity index (χ0v) is 21.4. The fourth-order valence-corrected chi connectivity index (χ4v) is 3.57. The second-order valence-electron chi connectivity index (χ2n) is 10.1. The van der Waals surface area contributed by atoms with Crippen molar-refractivity contribution in [2.24, 2.45) is 11.8 Å². The maximum absolute atomic E-state index is 6.24. The molecule has 3 rings (SSSR count). The van der Waals surface area contributed by atoms with E-state index in [4.69, 9.17) is 4.74 Å². The van der Waals surface area contributed by atoms with E-state index in [1.54, 1.807) is 0 Å². The van der Waals surface area contributed by atoms with Crippen molar-refractivity contribution < 1.29 is 4.74 Å². The highest BCUT2D eigenvalue weighted by molar-refractivity contribution is 5.30. The minimum Gasteiger partial charge on any atom is -0.483 e. The van der Waals surface area contributed by atoms with Crippen molar-refractivity contribution in [3.05, 3.63) is 71.5 Å². The summed E-state index contributed by atoms with van der Waals surface area (Å²) in [5.74, 6) is 2.40. The van der Waals surface area contributed by atoms with Gasteiger partial charge in [0, 0.05) is 0 Å². The predicted molar refractivity (Wildman–Crippen MR) is 138 cm³/mol. The monoisotopic (exact) mass is 424 g/mol. The fourth-order valence-electron chi connectivity index (χ4n) is 3.57. The van der Waals surface area contributed by atoms with E-state index < -0.39 is 0 Å². The molecule has 0 spiro atoms. The Bertz CT molecular complexity index is 657. The van der Waals surface area contributed by atoms with Gasteiger partial charge in [0.2, 0.25) is 0 Å². The van der Waals surface area contributed by atoms with Crippen LogP contribution in [0.15, 0.2) is 66.0 Å². The Kier molecular flexibility index (Phi) is 13.3. The summed E-state index contributed by atoms with van der Waals surface area (Å²) >= 11 is 0. The lowest BCUT2D eigenvalue weighted by Crippen LogP contribution is -2.20. The predicted octanol–water partition coefficient (Wildman–Crippen LogP) is 9.76. The largest absolute Gasteiger partial charge is 0.483 e. The first-order valence-corrected chi connectivity index (χ1v) is 12.6. The van der Waals surface area contributed by atoms with Crippen LogP contribution in [0.1, 0.15) is 105 Å². The van der Waals surface area contributed by atoms with E-state index >= 15 is 0 Å². The van der Waals surface area contributed by atoms with Crippen molar-refractivity contribution in [2.75, 3.05) is 0 Å². The summed E-state index contributed by atoms with van der Waals surface area (Å²) < 4.78 is 6.24. The lowest BCUT2D eigenvalue weighted by molar-refractivity contribution is 0.0391. The standard InChI is InChI=1S/C20H26O.C6H12.C4H10/c1-5-16(2)17-10-9-13-19(15-14-17)21-20(3,4)18-11-7-6-8-12-18;1-2-4-6-5-3-1;1-4(2)3/h6-9,11-16H,5,10H2,1-4H3;1-6H2;4H,1-3H3. The van der Waals surface area contributed by atoms with Crippen LogP contribution >= 0.6 is 0 Å². The molecule has 0 aliphatic heterocycles. The molecule has 1 atom stereocenters. The van der Waals surface area contributed by atoms with Crippen molar-refractivity contribution in [1.82, 2.24) is 0 Å². The molecule has 2 aliphatic carbocycles. The zero-order valence-electron chi connectivity index (χ0n) is 21.4. The molecular weight excluding hydrogens is 376 g/mol. The van der Waals surface area contributed by atoms with E-state index in [1.165, 1.54) is 56.1 Å². The summed E-state index contributed by atoms with van der Waals surface area (Å²) in [6.07, 6.45) is 19.8. The molecular formula is C30H48O. The molecule has 1 fully saturated rings. The van der Waals surface area contributed by atoms with Crippen molar-refractivity contribution in [3.8, 4) is 0 Å². The molecule has 0 heterocycles. The highest BCUT2D eigenvalue weighted by Gasteiger charge is 2.22. The van der Waals surface area contributed by atoms with Gasteiger partial charge >= 0.3 is 0 Å². The van der Waals surface area contributed by atoms with E-state index in [9.17, 15) is 0 Å². The third-order valence-corrected chi connectivity index (χ3v) is 5.68. The van der Waals surface area contributed by atoms with Gasteiger partial charge in [0.25, 0.3) is 0 Å². The van der Waals surface area contributed by atoms with Gasteiger partial charge in [0.15, 0.2) is 0 Å². The summed E-state index contributed by atoms with van der Waals surface area (Å²) in [6.45, 7) is 15.2. The van der Waals surface area contributed by atoms with E-state index in [-0.39, 0.29) is 5.60 Å². The van der Waals surface area contributed by atoms with Crippen LogP contribution in [-0.4, -0.2) is 0 Å². The number of ether oxygens (including phenoxy) is 1. The fraction of sp³-hybridized carbons (Fsp3) is 0.600. The first-order chi connectivity index (χ1) is 14.8. The molecule has 1 aromatic rings. The van der Waals surface area contributed by atoms with Crippen LogP contribution in [-0.2, 0) is 10.3 Å². The van der Waals surface area contributed by atoms with Crippen LogP contribution in [0.25, 0.3) is 0 Å². The summed E-state index contributed by atoms with van der Waals surface area (Å²) in [6, 6.07) is 10.4. The molecule has 0 amide bonds. The molecule has 174 valence electrons. The van der Waals surface area contributed by atoms with Gasteiger partial charge in [-0.3, -0.25) is 0 Å². The highest BCUT2D eigenvalue weighted by Crippen LogP contribution is 2.29. The molecule has 0 aromatic heterocycles. The first kappa shape index (κ1) is 27.3. The minimum atomic E-state index is -0.327. The van der Waals surface area contributed by atoms with Crippen LogP contribution in [0.4, 0.5) is 0 Å². The Labute approximate surface area is 193 Å². The smallest absolute Gasteiger partial charge is 0.128 e. The third-order valence-electron chi connectivity index (χ3n) is 5.68. The van der Waals surface area contributed by atoms with Gasteiger partial charge in [0.05, 0.1) is 0 Å². The van der Waals surface area contributed by atoms with Crippen LogP contribution in [0.2, 0.25) is 0 Å². The second kappa shape index (κ2) is 15.1. The van der Waals surface area contributed by atoms with E-state index in [1.807, 2.05) is 6.07 Å². The molecule has 1 saturated carbocycles. The molecule has 1 aromatic carbocycles. The maximum Gasteiger partial charge on any atom is 0.128 e. The average Bonchev–Trinajstić information content (AvgIpc) is 3.00. The summed E-state index contributed by atoms with van der Waals surface area (Å²) in [5.41, 5.74) is 2.34. The molecule has 2 aliphatic rings. The highest BCUT2D eigenvalue weighted by atomic mass is 16.5. The Morgan fingerprint density at radius 1 is 0.839 bits per heavy atom. The number of rotatable bonds is 5. The number of hydrogen-bond acceptors (Lipinski definition) is 1. The second-order valence-corrected chi connectivity index (χ2v) is 10.1. The minimum absolute atomic E-state index is 0.327. The Balaban J connectivity index is 0.000000395. The maximum atomic E-state index is 6.24. The number of benzene rings is 1. The molecule has 0 saturated heterocycles. The van der Waals surface area contributed by atoms with Crippen LogP contribution in [0, 0.1) is 11.8 Å². The van der Waals surface area contributed by atoms with Gasteiger partial charge in [-0.1, -0.05) is 121 Å². The van der Waals surface area contributed by atoms with Gasteiger partial charge in [0.1, 0.15) is 11.4 Å². The molecule has 0 N–H and O–H groups in total. The SMILES string of the molecule is C1CCCCC1.CC(C)C.CCC(C)C1=CC=C(OC(C)(C)c2ccccc2)C=CC1. The van der Waals surface area contributed by atoms with Gasteiger partial charge < -0.3 is 4.74 Å². The third kappa shape index (κ3) is 12.0. The van der Waals surface area contributed by atoms with Gasteiger partial charge in [-0.25, -0.2) is 0 Å². The number of hydrogen-bond donors (Lipinski definition) is 0. The van der Waals surface area contributed by atoms with Gasteiger partial charge in [-0.15, -0.1) is 0 Å². The molecule has 0 radical (unpaired) electrons. The van der Waals surface area contributed by atoms with E-state index in [2.05, 4.69) is 97.0 Å². The Hall–Kier alpha value is -1.76. The average molecular weight is 425 g/mol. The normalized spacial score (nSPS) is 17.2. The summed E-state index contributed by atoms with van der Waals surface area (Å²) in [4.78, 5) is 0. The molecule has 1 nitrogen and oxygen atoms in total. The lowest BCUT2D eigenvalue weighted by atomic mass is 9.96. The molecule has 31 heavy (non-hydrogen) atoms. The quantitative estimate of drug-likeness (QED) is 0.457. The van der Waals surface area contributed by atoms with Crippen LogP contribution < -0.4 is 0 Å². The van der Waals surface area contributed by atoms with Crippen molar-refractivity contribution >= 4 is 0 Å².